The molecule has 0 fully saturated rings. The third-order valence-electron chi connectivity index (χ3n) is 1.50. The Morgan fingerprint density at radius 2 is 2.46 bits per heavy atom. The molecule has 1 atom stereocenters. The van der Waals surface area contributed by atoms with Crippen LogP contribution in [0.3, 0.4) is 0 Å². The van der Waals surface area contributed by atoms with Crippen molar-refractivity contribution in [3.8, 4) is 0 Å². The minimum absolute atomic E-state index is 0.0893. The summed E-state index contributed by atoms with van der Waals surface area (Å²) >= 11 is 0. The van der Waals surface area contributed by atoms with Crippen LogP contribution in [0.15, 0.2) is 4.52 Å². The number of aliphatic carboxylic acids is 1. The first-order valence-electron chi connectivity index (χ1n) is 3.70. The van der Waals surface area contributed by atoms with Gasteiger partial charge >= 0.3 is 5.97 Å². The largest absolute Gasteiger partial charge is 0.481 e. The van der Waals surface area contributed by atoms with Crippen LogP contribution in [0, 0.1) is 0 Å². The molecule has 1 N–H and O–H groups in total. The zero-order chi connectivity index (χ0) is 9.84. The lowest BCUT2D eigenvalue weighted by molar-refractivity contribution is -0.136. The van der Waals surface area contributed by atoms with Crippen molar-refractivity contribution in [2.24, 2.45) is 0 Å². The summed E-state index contributed by atoms with van der Waals surface area (Å²) in [5, 5.41) is 12.0. The van der Waals surface area contributed by atoms with Gasteiger partial charge in [0, 0.05) is 7.11 Å². The molecule has 0 amide bonds. The predicted molar refractivity (Wildman–Crippen MR) is 41.1 cm³/mol. The van der Waals surface area contributed by atoms with Gasteiger partial charge in [0.25, 0.3) is 0 Å². The summed E-state index contributed by atoms with van der Waals surface area (Å²) in [6.45, 7) is 1.75. The average Bonchev–Trinajstić information content (AvgIpc) is 2.50. The zero-order valence-corrected chi connectivity index (χ0v) is 7.35. The lowest BCUT2D eigenvalue weighted by Gasteiger charge is -2.00. The highest BCUT2D eigenvalue weighted by Gasteiger charge is 2.14. The van der Waals surface area contributed by atoms with Crippen LogP contribution >= 0.6 is 0 Å². The fourth-order valence-corrected chi connectivity index (χ4v) is 0.740. The molecular formula is C7H10N2O4. The van der Waals surface area contributed by atoms with Gasteiger partial charge in [-0.05, 0) is 6.92 Å². The van der Waals surface area contributed by atoms with Crippen molar-refractivity contribution in [2.45, 2.75) is 19.4 Å². The summed E-state index contributed by atoms with van der Waals surface area (Å²) in [5.41, 5.74) is 0. The van der Waals surface area contributed by atoms with E-state index in [4.69, 9.17) is 9.84 Å². The Labute approximate surface area is 74.5 Å². The van der Waals surface area contributed by atoms with Gasteiger partial charge in [-0.3, -0.25) is 4.79 Å². The van der Waals surface area contributed by atoms with E-state index in [1.54, 1.807) is 6.92 Å². The molecule has 0 bridgehead atoms. The summed E-state index contributed by atoms with van der Waals surface area (Å²) in [7, 11) is 1.51. The highest BCUT2D eigenvalue weighted by atomic mass is 16.5. The molecule has 0 aliphatic rings. The second-order valence-corrected chi connectivity index (χ2v) is 2.49. The van der Waals surface area contributed by atoms with E-state index in [0.29, 0.717) is 5.82 Å². The predicted octanol–water partition coefficient (Wildman–Crippen LogP) is 0.404. The van der Waals surface area contributed by atoms with Crippen LogP contribution in [0.4, 0.5) is 0 Å². The molecule has 0 saturated carbocycles. The zero-order valence-electron chi connectivity index (χ0n) is 7.35. The van der Waals surface area contributed by atoms with Gasteiger partial charge in [-0.25, -0.2) is 0 Å². The molecule has 1 aromatic heterocycles. The van der Waals surface area contributed by atoms with Gasteiger partial charge in [0.05, 0.1) is 0 Å². The smallest absolute Gasteiger partial charge is 0.312 e. The summed E-state index contributed by atoms with van der Waals surface area (Å²) in [6.07, 6.45) is -0.546. The van der Waals surface area contributed by atoms with Crippen molar-refractivity contribution in [1.82, 2.24) is 10.1 Å². The molecule has 0 aliphatic heterocycles. The number of ether oxygens (including phenoxy) is 1. The van der Waals surface area contributed by atoms with Crippen LogP contribution in [0.5, 0.6) is 0 Å². The number of hydrogen-bond donors (Lipinski definition) is 1. The molecule has 1 aromatic rings. The van der Waals surface area contributed by atoms with Crippen LogP contribution in [-0.4, -0.2) is 28.3 Å². The minimum Gasteiger partial charge on any atom is -0.481 e. The molecule has 0 radical (unpaired) electrons. The van der Waals surface area contributed by atoms with Gasteiger partial charge in [-0.15, -0.1) is 0 Å². The number of carboxylic acid groups (broad SMARTS) is 1. The summed E-state index contributed by atoms with van der Waals surface area (Å²) in [4.78, 5) is 14.1. The standard InChI is InChI=1S/C7H10N2O4/c1-4(12-2)7-8-5(13-9-7)3-6(10)11/h4H,3H2,1-2H3,(H,10,11). The minimum atomic E-state index is -1.000. The van der Waals surface area contributed by atoms with E-state index in [0.717, 1.165) is 0 Å². The fraction of sp³-hybridized carbons (Fsp3) is 0.571. The van der Waals surface area contributed by atoms with Crippen LogP contribution in [-0.2, 0) is 16.0 Å². The SMILES string of the molecule is COC(C)c1noc(CC(=O)O)n1. The second-order valence-electron chi connectivity index (χ2n) is 2.49. The summed E-state index contributed by atoms with van der Waals surface area (Å²) < 4.78 is 9.60. The van der Waals surface area contributed by atoms with Crippen molar-refractivity contribution in [1.29, 1.82) is 0 Å². The molecule has 6 heteroatoms. The lowest BCUT2D eigenvalue weighted by Crippen LogP contribution is -2.02. The first-order valence-corrected chi connectivity index (χ1v) is 3.70. The van der Waals surface area contributed by atoms with Crippen molar-refractivity contribution in [3.63, 3.8) is 0 Å². The molecule has 6 nitrogen and oxygen atoms in total. The molecular weight excluding hydrogens is 176 g/mol. The molecule has 0 spiro atoms. The quantitative estimate of drug-likeness (QED) is 0.732. The van der Waals surface area contributed by atoms with E-state index < -0.39 is 5.97 Å². The normalized spacial score (nSPS) is 12.8. The Morgan fingerprint density at radius 1 is 1.77 bits per heavy atom. The third-order valence-corrected chi connectivity index (χ3v) is 1.50. The molecule has 0 aromatic carbocycles. The van der Waals surface area contributed by atoms with Gasteiger partial charge in [0.2, 0.25) is 5.89 Å². The highest BCUT2D eigenvalue weighted by molar-refractivity contribution is 5.68. The number of carbonyl (C=O) groups is 1. The van der Waals surface area contributed by atoms with Crippen LogP contribution < -0.4 is 0 Å². The van der Waals surface area contributed by atoms with Gasteiger partial charge in [0.1, 0.15) is 12.5 Å². The number of rotatable bonds is 4. The van der Waals surface area contributed by atoms with Crippen LogP contribution in [0.2, 0.25) is 0 Å². The van der Waals surface area contributed by atoms with E-state index in [2.05, 4.69) is 14.7 Å². The summed E-state index contributed by atoms with van der Waals surface area (Å²) in [5.74, 6) is -0.551. The molecule has 0 saturated heterocycles. The number of nitrogens with zero attached hydrogens (tertiary/aromatic N) is 2. The maximum atomic E-state index is 10.3. The lowest BCUT2D eigenvalue weighted by atomic mass is 10.4. The number of aromatic nitrogens is 2. The number of carboxylic acids is 1. The average molecular weight is 186 g/mol. The van der Waals surface area contributed by atoms with Crippen molar-refractivity contribution >= 4 is 5.97 Å². The first kappa shape index (κ1) is 9.66. The summed E-state index contributed by atoms with van der Waals surface area (Å²) in [6, 6.07) is 0. The molecule has 1 unspecified atom stereocenters. The number of methoxy groups -OCH3 is 1. The molecule has 0 aliphatic carbocycles. The maximum absolute atomic E-state index is 10.3. The second kappa shape index (κ2) is 3.99. The highest BCUT2D eigenvalue weighted by Crippen LogP contribution is 2.11. The van der Waals surface area contributed by atoms with Gasteiger partial charge in [-0.2, -0.15) is 4.98 Å². The Balaban J connectivity index is 2.68. The van der Waals surface area contributed by atoms with Gasteiger partial charge < -0.3 is 14.4 Å². The Morgan fingerprint density at radius 3 is 3.00 bits per heavy atom. The van der Waals surface area contributed by atoms with Gasteiger partial charge in [-0.1, -0.05) is 5.16 Å². The van der Waals surface area contributed by atoms with Crippen LogP contribution in [0.25, 0.3) is 0 Å². The molecule has 72 valence electrons. The van der Waals surface area contributed by atoms with Crippen molar-refractivity contribution < 1.29 is 19.2 Å². The van der Waals surface area contributed by atoms with Gasteiger partial charge in [0.15, 0.2) is 5.82 Å². The Hall–Kier alpha value is -1.43. The number of hydrogen-bond acceptors (Lipinski definition) is 5. The van der Waals surface area contributed by atoms with E-state index in [-0.39, 0.29) is 18.4 Å². The topological polar surface area (TPSA) is 85.5 Å². The fourth-order valence-electron chi connectivity index (χ4n) is 0.740. The molecule has 13 heavy (non-hydrogen) atoms. The van der Waals surface area contributed by atoms with Crippen LogP contribution in [0.1, 0.15) is 24.7 Å². The Bertz CT molecular complexity index is 296. The van der Waals surface area contributed by atoms with E-state index >= 15 is 0 Å². The van der Waals surface area contributed by atoms with E-state index in [1.165, 1.54) is 7.11 Å². The van der Waals surface area contributed by atoms with E-state index in [1.807, 2.05) is 0 Å². The molecule has 1 rings (SSSR count). The first-order chi connectivity index (χ1) is 6.13. The third kappa shape index (κ3) is 2.51. The van der Waals surface area contributed by atoms with Crippen molar-refractivity contribution in [3.05, 3.63) is 11.7 Å². The van der Waals surface area contributed by atoms with Crippen molar-refractivity contribution in [2.75, 3.05) is 7.11 Å². The Kier molecular flexibility index (Phi) is 2.97. The maximum Gasteiger partial charge on any atom is 0.312 e. The van der Waals surface area contributed by atoms with E-state index in [9.17, 15) is 4.79 Å². The molecule has 1 heterocycles. The monoisotopic (exact) mass is 186 g/mol.